The summed E-state index contributed by atoms with van der Waals surface area (Å²) in [5.41, 5.74) is 2.77. The maximum absolute atomic E-state index is 13.6. The normalized spacial score (nSPS) is 16.7. The van der Waals surface area contributed by atoms with Crippen molar-refractivity contribution in [1.82, 2.24) is 20.2 Å². The van der Waals surface area contributed by atoms with Crippen LogP contribution in [0, 0.1) is 18.6 Å². The average Bonchev–Trinajstić information content (AvgIpc) is 2.79. The molecule has 1 aromatic heterocycles. The molecular weight excluding hydrogens is 410 g/mol. The molecule has 0 saturated carbocycles. The van der Waals surface area contributed by atoms with Gasteiger partial charge in [-0.25, -0.2) is 18.7 Å². The van der Waals surface area contributed by atoms with E-state index in [2.05, 4.69) is 20.2 Å². The fourth-order valence-corrected chi connectivity index (χ4v) is 4.09. The summed E-state index contributed by atoms with van der Waals surface area (Å²) in [5, 5.41) is 2.83. The van der Waals surface area contributed by atoms with Crippen LogP contribution in [0.3, 0.4) is 0 Å². The van der Waals surface area contributed by atoms with Gasteiger partial charge in [0.2, 0.25) is 0 Å². The van der Waals surface area contributed by atoms with Gasteiger partial charge in [-0.05, 0) is 61.7 Å². The minimum Gasteiger partial charge on any atom is -0.348 e. The number of nitrogens with zero attached hydrogens (tertiary/aromatic N) is 3. The second kappa shape index (κ2) is 9.96. The van der Waals surface area contributed by atoms with Gasteiger partial charge >= 0.3 is 0 Å². The van der Waals surface area contributed by atoms with Gasteiger partial charge in [0.1, 0.15) is 17.5 Å². The van der Waals surface area contributed by atoms with Crippen LogP contribution in [0.2, 0.25) is 0 Å². The van der Waals surface area contributed by atoms with E-state index in [1.165, 1.54) is 18.2 Å². The zero-order valence-corrected chi connectivity index (χ0v) is 18.0. The molecule has 1 aliphatic heterocycles. The van der Waals surface area contributed by atoms with Gasteiger partial charge in [0.15, 0.2) is 0 Å². The summed E-state index contributed by atoms with van der Waals surface area (Å²) in [7, 11) is 0. The van der Waals surface area contributed by atoms with Crippen LogP contribution in [0.25, 0.3) is 0 Å². The highest BCUT2D eigenvalue weighted by Crippen LogP contribution is 2.30. The number of hydrogen-bond acceptors (Lipinski definition) is 4. The fourth-order valence-electron chi connectivity index (χ4n) is 4.09. The van der Waals surface area contributed by atoms with Gasteiger partial charge in [-0.3, -0.25) is 9.69 Å². The highest BCUT2D eigenvalue weighted by Gasteiger charge is 2.27. The molecule has 32 heavy (non-hydrogen) atoms. The summed E-state index contributed by atoms with van der Waals surface area (Å²) in [4.78, 5) is 24.1. The highest BCUT2D eigenvalue weighted by atomic mass is 19.1. The van der Waals surface area contributed by atoms with E-state index in [4.69, 9.17) is 0 Å². The molecule has 2 heterocycles. The van der Waals surface area contributed by atoms with Crippen LogP contribution in [0.5, 0.6) is 0 Å². The number of halogens is 2. The molecule has 0 radical (unpaired) electrons. The number of aromatic nitrogens is 2. The predicted molar refractivity (Wildman–Crippen MR) is 118 cm³/mol. The first-order valence-corrected chi connectivity index (χ1v) is 10.8. The van der Waals surface area contributed by atoms with Gasteiger partial charge in [-0.1, -0.05) is 30.7 Å². The molecule has 1 atom stereocenters. The summed E-state index contributed by atoms with van der Waals surface area (Å²) < 4.78 is 26.6. The molecule has 1 unspecified atom stereocenters. The molecule has 5 nitrogen and oxygen atoms in total. The zero-order valence-electron chi connectivity index (χ0n) is 18.0. The van der Waals surface area contributed by atoms with Crippen LogP contribution in [0.4, 0.5) is 8.78 Å². The zero-order chi connectivity index (χ0) is 22.5. The fraction of sp³-hybridized carbons (Fsp3) is 0.320. The lowest BCUT2D eigenvalue weighted by Gasteiger charge is -2.34. The van der Waals surface area contributed by atoms with Crippen molar-refractivity contribution in [3.8, 4) is 0 Å². The monoisotopic (exact) mass is 436 g/mol. The van der Waals surface area contributed by atoms with E-state index in [0.717, 1.165) is 36.9 Å². The maximum atomic E-state index is 13.6. The highest BCUT2D eigenvalue weighted by molar-refractivity contribution is 5.94. The molecule has 4 rings (SSSR count). The van der Waals surface area contributed by atoms with Crippen molar-refractivity contribution in [2.75, 3.05) is 6.54 Å². The third-order valence-corrected chi connectivity index (χ3v) is 5.80. The maximum Gasteiger partial charge on any atom is 0.254 e. The number of nitrogens with one attached hydrogen (secondary N) is 1. The number of aryl methyl sites for hydroxylation is 1. The van der Waals surface area contributed by atoms with E-state index >= 15 is 0 Å². The average molecular weight is 437 g/mol. The third-order valence-electron chi connectivity index (χ3n) is 5.80. The van der Waals surface area contributed by atoms with Crippen molar-refractivity contribution in [3.63, 3.8) is 0 Å². The van der Waals surface area contributed by atoms with Crippen LogP contribution < -0.4 is 5.32 Å². The third kappa shape index (κ3) is 5.34. The first-order chi connectivity index (χ1) is 15.5. The molecule has 3 aromatic rings. The van der Waals surface area contributed by atoms with Crippen LogP contribution in [0.15, 0.2) is 54.7 Å². The first kappa shape index (κ1) is 22.0. The Morgan fingerprint density at radius 3 is 2.66 bits per heavy atom. The van der Waals surface area contributed by atoms with Gasteiger partial charge in [0.05, 0.1) is 17.3 Å². The lowest BCUT2D eigenvalue weighted by molar-refractivity contribution is 0.0948. The van der Waals surface area contributed by atoms with Crippen molar-refractivity contribution >= 4 is 5.91 Å². The SMILES string of the molecule is Cc1nc(C2CCCCN2Cc2cccc(F)c2)ncc1C(=O)NCc1ccc(F)cc1. The van der Waals surface area contributed by atoms with Crippen LogP contribution in [-0.4, -0.2) is 27.3 Å². The van der Waals surface area contributed by atoms with E-state index in [-0.39, 0.29) is 23.6 Å². The Kier molecular flexibility index (Phi) is 6.85. The molecule has 1 N–H and O–H groups in total. The number of carbonyl (C=O) groups excluding carboxylic acids is 1. The van der Waals surface area contributed by atoms with E-state index in [1.807, 2.05) is 6.07 Å². The van der Waals surface area contributed by atoms with Crippen molar-refractivity contribution in [1.29, 1.82) is 0 Å². The smallest absolute Gasteiger partial charge is 0.254 e. The largest absolute Gasteiger partial charge is 0.348 e. The van der Waals surface area contributed by atoms with Gasteiger partial charge in [-0.15, -0.1) is 0 Å². The van der Waals surface area contributed by atoms with E-state index in [0.29, 0.717) is 30.2 Å². The Morgan fingerprint density at radius 1 is 1.09 bits per heavy atom. The number of benzene rings is 2. The van der Waals surface area contributed by atoms with Gasteiger partial charge < -0.3 is 5.32 Å². The van der Waals surface area contributed by atoms with Crippen molar-refractivity contribution in [3.05, 3.63) is 94.6 Å². The molecule has 7 heteroatoms. The van der Waals surface area contributed by atoms with Crippen LogP contribution in [0.1, 0.15) is 58.3 Å². The predicted octanol–water partition coefficient (Wildman–Crippen LogP) is 4.72. The van der Waals surface area contributed by atoms with Crippen molar-refractivity contribution in [2.24, 2.45) is 0 Å². The minimum absolute atomic E-state index is 0.0297. The Hall–Kier alpha value is -3.19. The number of piperidine rings is 1. The van der Waals surface area contributed by atoms with Crippen LogP contribution >= 0.6 is 0 Å². The molecule has 1 amide bonds. The minimum atomic E-state index is -0.311. The molecule has 166 valence electrons. The summed E-state index contributed by atoms with van der Waals surface area (Å²) in [6.07, 6.45) is 4.65. The molecule has 0 bridgehead atoms. The lowest BCUT2D eigenvalue weighted by Crippen LogP contribution is -2.34. The summed E-state index contributed by atoms with van der Waals surface area (Å²) >= 11 is 0. The molecular formula is C25H26F2N4O. The molecule has 1 aliphatic rings. The standard InChI is InChI=1S/C25H26F2N4O/c1-17-22(25(32)29-14-18-8-10-20(26)11-9-18)15-28-24(30-17)23-7-2-3-12-31(23)16-19-5-4-6-21(27)13-19/h4-6,8-11,13,15,23H,2-3,7,12,14,16H2,1H3,(H,29,32). The van der Waals surface area contributed by atoms with Gasteiger partial charge in [0.25, 0.3) is 5.91 Å². The molecule has 0 spiro atoms. The molecule has 1 saturated heterocycles. The van der Waals surface area contributed by atoms with E-state index in [9.17, 15) is 13.6 Å². The summed E-state index contributed by atoms with van der Waals surface area (Å²) in [6.45, 7) is 3.62. The Balaban J connectivity index is 1.45. The lowest BCUT2D eigenvalue weighted by atomic mass is 10.00. The molecule has 1 fully saturated rings. The Morgan fingerprint density at radius 2 is 1.91 bits per heavy atom. The molecule has 0 aliphatic carbocycles. The van der Waals surface area contributed by atoms with E-state index < -0.39 is 0 Å². The quantitative estimate of drug-likeness (QED) is 0.608. The van der Waals surface area contributed by atoms with Crippen LogP contribution in [-0.2, 0) is 13.1 Å². The second-order valence-electron chi connectivity index (χ2n) is 8.15. The van der Waals surface area contributed by atoms with Crippen molar-refractivity contribution in [2.45, 2.75) is 45.3 Å². The van der Waals surface area contributed by atoms with Gasteiger partial charge in [0, 0.05) is 19.3 Å². The van der Waals surface area contributed by atoms with Crippen molar-refractivity contribution < 1.29 is 13.6 Å². The van der Waals surface area contributed by atoms with E-state index in [1.54, 1.807) is 37.4 Å². The molecule has 2 aromatic carbocycles. The summed E-state index contributed by atoms with van der Waals surface area (Å²) in [6, 6.07) is 12.7. The number of rotatable bonds is 6. The van der Waals surface area contributed by atoms with Gasteiger partial charge in [-0.2, -0.15) is 0 Å². The topological polar surface area (TPSA) is 58.1 Å². The second-order valence-corrected chi connectivity index (χ2v) is 8.15. The number of likely N-dealkylation sites (tertiary alicyclic amines) is 1. The number of amides is 1. The number of carbonyl (C=O) groups is 1. The first-order valence-electron chi connectivity index (χ1n) is 10.8. The Labute approximate surface area is 186 Å². The number of hydrogen-bond donors (Lipinski definition) is 1. The summed E-state index contributed by atoms with van der Waals surface area (Å²) in [5.74, 6) is -0.124. The Bertz CT molecular complexity index is 1090.